The summed E-state index contributed by atoms with van der Waals surface area (Å²) in [4.78, 5) is 11.2. The Balaban J connectivity index is 1.90. The molecule has 1 saturated heterocycles. The second kappa shape index (κ2) is 7.94. The molecular weight excluding hydrogens is 326 g/mol. The van der Waals surface area contributed by atoms with Crippen molar-refractivity contribution in [2.75, 3.05) is 26.1 Å². The minimum Gasteiger partial charge on any atom is -0.490 e. The van der Waals surface area contributed by atoms with Crippen molar-refractivity contribution in [2.24, 2.45) is 10.2 Å². The summed E-state index contributed by atoms with van der Waals surface area (Å²) in [5, 5.41) is 13.4. The fraction of sp³-hybridized carbons (Fsp3) is 0.235. The number of amidine groups is 1. The van der Waals surface area contributed by atoms with E-state index in [1.54, 1.807) is 13.3 Å². The van der Waals surface area contributed by atoms with Crippen LogP contribution in [0, 0.1) is 0 Å². The van der Waals surface area contributed by atoms with Crippen LogP contribution >= 0.6 is 11.8 Å². The molecule has 0 bridgehead atoms. The van der Waals surface area contributed by atoms with Crippen LogP contribution in [0.5, 0.6) is 5.75 Å². The van der Waals surface area contributed by atoms with E-state index in [1.165, 1.54) is 11.8 Å². The number of thioether (sulfide) groups is 1. The predicted molar refractivity (Wildman–Crippen MR) is 96.9 cm³/mol. The quantitative estimate of drug-likeness (QED) is 0.497. The third kappa shape index (κ3) is 3.93. The van der Waals surface area contributed by atoms with Crippen molar-refractivity contribution in [3.8, 4) is 5.75 Å². The molecule has 24 heavy (non-hydrogen) atoms. The average molecular weight is 343 g/mol. The summed E-state index contributed by atoms with van der Waals surface area (Å²) in [6.45, 7) is 0.963. The minimum atomic E-state index is -0.0531. The van der Waals surface area contributed by atoms with Crippen LogP contribution in [-0.4, -0.2) is 43.4 Å². The van der Waals surface area contributed by atoms with E-state index in [1.807, 2.05) is 36.4 Å². The molecule has 0 radical (unpaired) electrons. The fourth-order valence-corrected chi connectivity index (χ4v) is 2.92. The first kappa shape index (κ1) is 16.5. The molecular formula is C17H17N3O3S. The van der Waals surface area contributed by atoms with Gasteiger partial charge in [-0.15, -0.1) is 5.10 Å². The van der Waals surface area contributed by atoms with Crippen molar-refractivity contribution in [1.29, 1.82) is 0 Å². The lowest BCUT2D eigenvalue weighted by atomic mass is 10.0. The van der Waals surface area contributed by atoms with Gasteiger partial charge in [-0.2, -0.15) is 5.10 Å². The van der Waals surface area contributed by atoms with Crippen LogP contribution in [0.2, 0.25) is 0 Å². The minimum absolute atomic E-state index is 0.0531. The van der Waals surface area contributed by atoms with E-state index in [-0.39, 0.29) is 5.91 Å². The Bertz CT molecular complexity index is 805. The number of hydrogen-bond donors (Lipinski definition) is 1. The monoisotopic (exact) mass is 343 g/mol. The van der Waals surface area contributed by atoms with Crippen molar-refractivity contribution in [3.05, 3.63) is 42.0 Å². The van der Waals surface area contributed by atoms with E-state index in [2.05, 4.69) is 15.5 Å². The molecule has 1 aliphatic heterocycles. The van der Waals surface area contributed by atoms with E-state index in [4.69, 9.17) is 9.47 Å². The molecule has 0 spiro atoms. The van der Waals surface area contributed by atoms with Crippen LogP contribution in [0.4, 0.5) is 0 Å². The largest absolute Gasteiger partial charge is 0.490 e. The summed E-state index contributed by atoms with van der Waals surface area (Å²) in [5.41, 5.74) is 0.850. The van der Waals surface area contributed by atoms with Crippen LogP contribution in [-0.2, 0) is 9.53 Å². The number of nitrogens with one attached hydrogen (secondary N) is 1. The lowest BCUT2D eigenvalue weighted by Crippen LogP contribution is -2.19. The zero-order valence-corrected chi connectivity index (χ0v) is 14.0. The highest BCUT2D eigenvalue weighted by molar-refractivity contribution is 8.15. The lowest BCUT2D eigenvalue weighted by Gasteiger charge is -2.11. The number of carbonyl (C=O) groups is 1. The van der Waals surface area contributed by atoms with Gasteiger partial charge < -0.3 is 14.8 Å². The lowest BCUT2D eigenvalue weighted by molar-refractivity contribution is -0.116. The Kier molecular flexibility index (Phi) is 5.45. The molecule has 1 amide bonds. The third-order valence-corrected chi connectivity index (χ3v) is 4.26. The van der Waals surface area contributed by atoms with Gasteiger partial charge in [0.25, 0.3) is 0 Å². The van der Waals surface area contributed by atoms with Gasteiger partial charge in [0.2, 0.25) is 5.91 Å². The molecule has 6 nitrogen and oxygen atoms in total. The molecule has 2 aromatic carbocycles. The maximum Gasteiger partial charge on any atom is 0.236 e. The van der Waals surface area contributed by atoms with Gasteiger partial charge in [-0.05, 0) is 16.8 Å². The van der Waals surface area contributed by atoms with Crippen LogP contribution in [0.15, 0.2) is 46.6 Å². The predicted octanol–water partition coefficient (Wildman–Crippen LogP) is 2.42. The summed E-state index contributed by atoms with van der Waals surface area (Å²) in [5.74, 6) is 1.05. The molecule has 3 rings (SSSR count). The molecule has 1 fully saturated rings. The summed E-state index contributed by atoms with van der Waals surface area (Å²) in [6, 6.07) is 11.9. The van der Waals surface area contributed by atoms with Crippen molar-refractivity contribution < 1.29 is 14.3 Å². The summed E-state index contributed by atoms with van der Waals surface area (Å²) in [6.07, 6.45) is 1.66. The third-order valence-electron chi connectivity index (χ3n) is 3.40. The average Bonchev–Trinajstić information content (AvgIpc) is 3.01. The first-order chi connectivity index (χ1) is 11.8. The Morgan fingerprint density at radius 3 is 2.92 bits per heavy atom. The van der Waals surface area contributed by atoms with Gasteiger partial charge in [0, 0.05) is 12.7 Å². The van der Waals surface area contributed by atoms with Crippen molar-refractivity contribution in [1.82, 2.24) is 5.32 Å². The van der Waals surface area contributed by atoms with Crippen LogP contribution < -0.4 is 10.1 Å². The van der Waals surface area contributed by atoms with Gasteiger partial charge in [-0.25, -0.2) is 0 Å². The van der Waals surface area contributed by atoms with Crippen LogP contribution in [0.1, 0.15) is 5.56 Å². The molecule has 0 saturated carbocycles. The van der Waals surface area contributed by atoms with E-state index < -0.39 is 0 Å². The van der Waals surface area contributed by atoms with Crippen molar-refractivity contribution >= 4 is 39.8 Å². The molecule has 0 unspecified atom stereocenters. The van der Waals surface area contributed by atoms with E-state index in [0.717, 1.165) is 22.1 Å². The Labute approximate surface area is 143 Å². The highest BCUT2D eigenvalue weighted by Gasteiger charge is 2.16. The number of ether oxygens (including phenoxy) is 2. The number of carbonyl (C=O) groups excluding carboxylic acids is 1. The van der Waals surface area contributed by atoms with Gasteiger partial charge in [0.15, 0.2) is 5.17 Å². The number of benzene rings is 2. The number of rotatable bonds is 6. The molecule has 0 atom stereocenters. The standard InChI is InChI=1S/C17H17N3O3S/c1-22-8-9-23-15-7-6-12-4-2-3-5-13(12)14(15)10-18-20-17-19-16(21)11-24-17/h2-7,10H,8-9,11H2,1H3,(H,19,20,21). The normalized spacial score (nSPS) is 16.2. The van der Waals surface area contributed by atoms with E-state index >= 15 is 0 Å². The Morgan fingerprint density at radius 1 is 1.25 bits per heavy atom. The first-order valence-electron chi connectivity index (χ1n) is 7.45. The maximum absolute atomic E-state index is 11.2. The number of methoxy groups -OCH3 is 1. The fourth-order valence-electron chi connectivity index (χ4n) is 2.29. The first-order valence-corrected chi connectivity index (χ1v) is 8.43. The number of amides is 1. The van der Waals surface area contributed by atoms with Gasteiger partial charge >= 0.3 is 0 Å². The van der Waals surface area contributed by atoms with Gasteiger partial charge in [0.1, 0.15) is 12.4 Å². The maximum atomic E-state index is 11.2. The molecule has 1 N–H and O–H groups in total. The topological polar surface area (TPSA) is 72.3 Å². The highest BCUT2D eigenvalue weighted by Crippen LogP contribution is 2.26. The molecule has 2 aromatic rings. The summed E-state index contributed by atoms with van der Waals surface area (Å²) >= 11 is 1.34. The number of nitrogens with zero attached hydrogens (tertiary/aromatic N) is 2. The molecule has 0 aliphatic carbocycles. The molecule has 0 aromatic heterocycles. The number of fused-ring (bicyclic) bond motifs is 1. The number of hydrogen-bond acceptors (Lipinski definition) is 6. The van der Waals surface area contributed by atoms with Gasteiger partial charge in [-0.1, -0.05) is 42.1 Å². The molecule has 124 valence electrons. The zero-order chi connectivity index (χ0) is 16.8. The van der Waals surface area contributed by atoms with Gasteiger partial charge in [-0.3, -0.25) is 4.79 Å². The Hall–Kier alpha value is -2.38. The molecule has 7 heteroatoms. The van der Waals surface area contributed by atoms with E-state index in [0.29, 0.717) is 24.1 Å². The smallest absolute Gasteiger partial charge is 0.236 e. The second-order valence-electron chi connectivity index (χ2n) is 5.03. The molecule has 1 heterocycles. The van der Waals surface area contributed by atoms with Crippen LogP contribution in [0.25, 0.3) is 10.8 Å². The van der Waals surface area contributed by atoms with Crippen molar-refractivity contribution in [3.63, 3.8) is 0 Å². The van der Waals surface area contributed by atoms with Gasteiger partial charge in [0.05, 0.1) is 18.6 Å². The summed E-state index contributed by atoms with van der Waals surface area (Å²) in [7, 11) is 1.63. The van der Waals surface area contributed by atoms with Crippen molar-refractivity contribution in [2.45, 2.75) is 0 Å². The molecule has 1 aliphatic rings. The summed E-state index contributed by atoms with van der Waals surface area (Å²) < 4.78 is 10.8. The Morgan fingerprint density at radius 2 is 2.12 bits per heavy atom. The zero-order valence-electron chi connectivity index (χ0n) is 13.2. The second-order valence-corrected chi connectivity index (χ2v) is 5.99. The van der Waals surface area contributed by atoms with Crippen LogP contribution in [0.3, 0.4) is 0 Å². The van der Waals surface area contributed by atoms with E-state index in [9.17, 15) is 4.79 Å². The SMILES string of the molecule is COCCOc1ccc2ccccc2c1C=NN=C1NC(=O)CS1. The highest BCUT2D eigenvalue weighted by atomic mass is 32.2.